The van der Waals surface area contributed by atoms with Gasteiger partial charge in [0.05, 0.1) is 17.3 Å². The highest BCUT2D eigenvalue weighted by Crippen LogP contribution is 2.25. The summed E-state index contributed by atoms with van der Waals surface area (Å²) in [7, 11) is 0. The maximum atomic E-state index is 11.9. The van der Waals surface area contributed by atoms with Gasteiger partial charge in [0.2, 0.25) is 0 Å². The third-order valence-electron chi connectivity index (χ3n) is 3.07. The molecule has 0 saturated carbocycles. The number of hydrogen-bond acceptors (Lipinski definition) is 5. The lowest BCUT2D eigenvalue weighted by Gasteiger charge is -2.09. The molecule has 6 nitrogen and oxygen atoms in total. The number of carbonyl (C=O) groups excluding carboxylic acids is 1. The molecule has 0 fully saturated rings. The molecule has 2 aromatic rings. The Morgan fingerprint density at radius 3 is 3.14 bits per heavy atom. The second kappa shape index (κ2) is 5.91. The van der Waals surface area contributed by atoms with Crippen molar-refractivity contribution in [1.82, 2.24) is 10.3 Å². The van der Waals surface area contributed by atoms with E-state index < -0.39 is 0 Å². The number of nitrogens with one attached hydrogen (secondary N) is 3. The molecule has 0 aliphatic carbocycles. The van der Waals surface area contributed by atoms with Crippen LogP contribution in [0.4, 0.5) is 15.6 Å². The lowest BCUT2D eigenvalue weighted by Crippen LogP contribution is -2.22. The molecule has 0 radical (unpaired) electrons. The summed E-state index contributed by atoms with van der Waals surface area (Å²) in [4.78, 5) is 17.5. The number of nitriles is 1. The van der Waals surface area contributed by atoms with Crippen LogP contribution in [0, 0.1) is 11.3 Å². The van der Waals surface area contributed by atoms with Crippen molar-refractivity contribution < 1.29 is 4.79 Å². The minimum Gasteiger partial charge on any atom is -0.311 e. The molecular formula is C14H13N5OS. The largest absolute Gasteiger partial charge is 0.325 e. The number of thiazole rings is 1. The fraction of sp³-hybridized carbons (Fsp3) is 0.214. The molecule has 1 aromatic carbocycles. The Labute approximate surface area is 125 Å². The van der Waals surface area contributed by atoms with Gasteiger partial charge in [-0.15, -0.1) is 11.3 Å². The molecule has 1 aliphatic heterocycles. The minimum atomic E-state index is -0.357. The maximum absolute atomic E-state index is 11.9. The van der Waals surface area contributed by atoms with Crippen LogP contribution in [0.25, 0.3) is 0 Å². The Kier molecular flexibility index (Phi) is 3.81. The SMILES string of the molecule is N#Cc1cccc(NC(=O)Nc2nc3c(s2)CNCC3)c1. The molecule has 21 heavy (non-hydrogen) atoms. The summed E-state index contributed by atoms with van der Waals surface area (Å²) < 4.78 is 0. The molecule has 1 aromatic heterocycles. The average molecular weight is 299 g/mol. The zero-order valence-corrected chi connectivity index (χ0v) is 12.0. The van der Waals surface area contributed by atoms with E-state index in [4.69, 9.17) is 5.26 Å². The lowest BCUT2D eigenvalue weighted by molar-refractivity contribution is 0.262. The Balaban J connectivity index is 1.66. The van der Waals surface area contributed by atoms with Crippen molar-refractivity contribution >= 4 is 28.2 Å². The van der Waals surface area contributed by atoms with Gasteiger partial charge in [0.25, 0.3) is 0 Å². The fourth-order valence-electron chi connectivity index (χ4n) is 2.10. The lowest BCUT2D eigenvalue weighted by atomic mass is 10.2. The molecular weight excluding hydrogens is 286 g/mol. The van der Waals surface area contributed by atoms with Crippen molar-refractivity contribution in [2.24, 2.45) is 0 Å². The molecule has 0 spiro atoms. The number of fused-ring (bicyclic) bond motifs is 1. The molecule has 0 bridgehead atoms. The summed E-state index contributed by atoms with van der Waals surface area (Å²) in [5.41, 5.74) is 2.14. The Morgan fingerprint density at radius 1 is 1.43 bits per heavy atom. The molecule has 106 valence electrons. The normalized spacial score (nSPS) is 13.1. The van der Waals surface area contributed by atoms with E-state index in [0.717, 1.165) is 25.2 Å². The van der Waals surface area contributed by atoms with Crippen LogP contribution in [0.5, 0.6) is 0 Å². The van der Waals surface area contributed by atoms with E-state index in [0.29, 0.717) is 16.4 Å². The summed E-state index contributed by atoms with van der Waals surface area (Å²) in [5.74, 6) is 0. The summed E-state index contributed by atoms with van der Waals surface area (Å²) >= 11 is 1.48. The summed E-state index contributed by atoms with van der Waals surface area (Å²) in [6.45, 7) is 1.73. The molecule has 0 saturated heterocycles. The van der Waals surface area contributed by atoms with Gasteiger partial charge in [-0.1, -0.05) is 6.07 Å². The highest BCUT2D eigenvalue weighted by Gasteiger charge is 2.15. The van der Waals surface area contributed by atoms with Crippen LogP contribution in [0.2, 0.25) is 0 Å². The first-order valence-electron chi connectivity index (χ1n) is 6.52. The first-order chi connectivity index (χ1) is 10.2. The first kappa shape index (κ1) is 13.5. The van der Waals surface area contributed by atoms with E-state index in [9.17, 15) is 4.79 Å². The number of amides is 2. The van der Waals surface area contributed by atoms with Gasteiger partial charge >= 0.3 is 6.03 Å². The van der Waals surface area contributed by atoms with Gasteiger partial charge in [0.15, 0.2) is 5.13 Å². The molecule has 7 heteroatoms. The topological polar surface area (TPSA) is 89.8 Å². The Hall–Kier alpha value is -2.43. The van der Waals surface area contributed by atoms with E-state index in [1.807, 2.05) is 6.07 Å². The number of urea groups is 1. The predicted octanol–water partition coefficient (Wildman–Crippen LogP) is 2.30. The zero-order chi connectivity index (χ0) is 14.7. The second-order valence-corrected chi connectivity index (χ2v) is 5.67. The molecule has 3 rings (SSSR count). The van der Waals surface area contributed by atoms with Crippen LogP contribution in [0.3, 0.4) is 0 Å². The van der Waals surface area contributed by atoms with Crippen molar-refractivity contribution in [3.05, 3.63) is 40.4 Å². The smallest absolute Gasteiger partial charge is 0.311 e. The number of hydrogen-bond donors (Lipinski definition) is 3. The van der Waals surface area contributed by atoms with Crippen LogP contribution in [0.15, 0.2) is 24.3 Å². The van der Waals surface area contributed by atoms with Crippen molar-refractivity contribution in [1.29, 1.82) is 5.26 Å². The van der Waals surface area contributed by atoms with Gasteiger partial charge in [0, 0.05) is 30.1 Å². The standard InChI is InChI=1S/C14H13N5OS/c15-7-9-2-1-3-10(6-9)17-13(20)19-14-18-11-4-5-16-8-12(11)21-14/h1-3,6,16H,4-5,8H2,(H2,17,18,19,20). The summed E-state index contributed by atoms with van der Waals surface area (Å²) in [5, 5.41) is 18.1. The molecule has 1 aliphatic rings. The van der Waals surface area contributed by atoms with Gasteiger partial charge in [0.1, 0.15) is 0 Å². The number of carbonyl (C=O) groups is 1. The van der Waals surface area contributed by atoms with Crippen LogP contribution in [-0.2, 0) is 13.0 Å². The van der Waals surface area contributed by atoms with E-state index in [-0.39, 0.29) is 6.03 Å². The third-order valence-corrected chi connectivity index (χ3v) is 4.09. The number of nitrogens with zero attached hydrogens (tertiary/aromatic N) is 2. The van der Waals surface area contributed by atoms with E-state index in [1.165, 1.54) is 16.2 Å². The van der Waals surface area contributed by atoms with Crippen molar-refractivity contribution in [2.75, 3.05) is 17.2 Å². The van der Waals surface area contributed by atoms with Gasteiger partial charge in [-0.05, 0) is 18.2 Å². The highest BCUT2D eigenvalue weighted by molar-refractivity contribution is 7.15. The van der Waals surface area contributed by atoms with Crippen LogP contribution in [-0.4, -0.2) is 17.6 Å². The zero-order valence-electron chi connectivity index (χ0n) is 11.1. The number of aromatic nitrogens is 1. The Bertz CT molecular complexity index is 695. The van der Waals surface area contributed by atoms with Crippen LogP contribution in [0.1, 0.15) is 16.1 Å². The quantitative estimate of drug-likeness (QED) is 0.793. The second-order valence-electron chi connectivity index (χ2n) is 4.59. The number of anilines is 2. The van der Waals surface area contributed by atoms with E-state index in [1.54, 1.807) is 24.3 Å². The van der Waals surface area contributed by atoms with Crippen LogP contribution < -0.4 is 16.0 Å². The molecule has 2 amide bonds. The van der Waals surface area contributed by atoms with Crippen LogP contribution >= 0.6 is 11.3 Å². The van der Waals surface area contributed by atoms with Gasteiger partial charge in [-0.3, -0.25) is 5.32 Å². The van der Waals surface area contributed by atoms with E-state index >= 15 is 0 Å². The fourth-order valence-corrected chi connectivity index (χ4v) is 3.08. The summed E-state index contributed by atoms with van der Waals surface area (Å²) in [6, 6.07) is 8.44. The van der Waals surface area contributed by atoms with Crippen molar-refractivity contribution in [3.63, 3.8) is 0 Å². The van der Waals surface area contributed by atoms with Crippen molar-refractivity contribution in [3.8, 4) is 6.07 Å². The molecule has 3 N–H and O–H groups in total. The monoisotopic (exact) mass is 299 g/mol. The molecule has 0 unspecified atom stereocenters. The Morgan fingerprint density at radius 2 is 2.33 bits per heavy atom. The number of rotatable bonds is 2. The van der Waals surface area contributed by atoms with Gasteiger partial charge < -0.3 is 10.6 Å². The van der Waals surface area contributed by atoms with E-state index in [2.05, 4.69) is 20.9 Å². The summed E-state index contributed by atoms with van der Waals surface area (Å²) in [6.07, 6.45) is 0.888. The highest BCUT2D eigenvalue weighted by atomic mass is 32.1. The minimum absolute atomic E-state index is 0.357. The van der Waals surface area contributed by atoms with Gasteiger partial charge in [-0.25, -0.2) is 9.78 Å². The average Bonchev–Trinajstić information content (AvgIpc) is 2.89. The molecule has 0 atom stereocenters. The first-order valence-corrected chi connectivity index (χ1v) is 7.34. The number of benzene rings is 1. The third kappa shape index (κ3) is 3.18. The predicted molar refractivity (Wildman–Crippen MR) is 81.3 cm³/mol. The van der Waals surface area contributed by atoms with Crippen molar-refractivity contribution in [2.45, 2.75) is 13.0 Å². The molecule has 2 heterocycles. The maximum Gasteiger partial charge on any atom is 0.325 e. The van der Waals surface area contributed by atoms with Gasteiger partial charge in [-0.2, -0.15) is 5.26 Å².